The van der Waals surface area contributed by atoms with E-state index in [-0.39, 0.29) is 11.8 Å². The molecule has 0 saturated heterocycles. The Hall–Kier alpha value is -3.57. The summed E-state index contributed by atoms with van der Waals surface area (Å²) in [5.41, 5.74) is 3.67. The van der Waals surface area contributed by atoms with Crippen molar-refractivity contribution in [2.45, 2.75) is 13.5 Å². The quantitative estimate of drug-likeness (QED) is 0.496. The third-order valence-corrected chi connectivity index (χ3v) is 5.73. The fourth-order valence-corrected chi connectivity index (χ4v) is 4.04. The van der Waals surface area contributed by atoms with E-state index in [2.05, 4.69) is 0 Å². The molecule has 0 atom stereocenters. The minimum Gasteiger partial charge on any atom is -0.497 e. The normalized spacial score (nSPS) is 13.7. The number of ether oxygens (including phenoxy) is 1. The number of amides is 2. The predicted octanol–water partition coefficient (Wildman–Crippen LogP) is 5.07. The first kappa shape index (κ1) is 21.7. The lowest BCUT2D eigenvalue weighted by Crippen LogP contribution is -2.34. The molecular weight excluding hydrogens is 424 g/mol. The van der Waals surface area contributed by atoms with Crippen molar-refractivity contribution in [3.63, 3.8) is 0 Å². The number of halogens is 1. The molecule has 3 aromatic rings. The molecule has 0 N–H and O–H groups in total. The van der Waals surface area contributed by atoms with Gasteiger partial charge in [-0.3, -0.25) is 9.59 Å². The van der Waals surface area contributed by atoms with Crippen LogP contribution in [0.3, 0.4) is 0 Å². The van der Waals surface area contributed by atoms with Gasteiger partial charge in [0.2, 0.25) is 0 Å². The van der Waals surface area contributed by atoms with Gasteiger partial charge in [-0.25, -0.2) is 4.90 Å². The van der Waals surface area contributed by atoms with Crippen molar-refractivity contribution in [2.75, 3.05) is 19.1 Å². The molecule has 0 fully saturated rings. The fraction of sp³-hybridized carbons (Fsp3) is 0.154. The molecule has 0 aromatic heterocycles. The van der Waals surface area contributed by atoms with E-state index >= 15 is 0 Å². The highest BCUT2D eigenvalue weighted by Gasteiger charge is 2.42. The van der Waals surface area contributed by atoms with E-state index in [1.807, 2.05) is 49.2 Å². The van der Waals surface area contributed by atoms with Crippen molar-refractivity contribution >= 4 is 34.7 Å². The van der Waals surface area contributed by atoms with E-state index in [9.17, 15) is 9.59 Å². The van der Waals surface area contributed by atoms with Gasteiger partial charge < -0.3 is 9.64 Å². The summed E-state index contributed by atoms with van der Waals surface area (Å²) in [6.07, 6.45) is 0. The van der Waals surface area contributed by atoms with Crippen molar-refractivity contribution in [3.05, 3.63) is 100 Å². The molecule has 0 aliphatic carbocycles. The zero-order chi connectivity index (χ0) is 22.8. The Morgan fingerprint density at radius 1 is 0.938 bits per heavy atom. The van der Waals surface area contributed by atoms with Crippen molar-refractivity contribution in [1.82, 2.24) is 4.90 Å². The highest BCUT2D eigenvalue weighted by atomic mass is 35.5. The highest BCUT2D eigenvalue weighted by Crippen LogP contribution is 2.37. The molecule has 0 radical (unpaired) electrons. The van der Waals surface area contributed by atoms with Crippen LogP contribution in [0.15, 0.2) is 78.5 Å². The molecule has 2 amide bonds. The third kappa shape index (κ3) is 3.99. The molecule has 5 nitrogen and oxygen atoms in total. The van der Waals surface area contributed by atoms with E-state index < -0.39 is 0 Å². The first-order chi connectivity index (χ1) is 15.4. The number of carbonyl (C=O) groups excluding carboxylic acids is 2. The Balaban J connectivity index is 1.82. The van der Waals surface area contributed by atoms with Crippen LogP contribution in [-0.4, -0.2) is 30.9 Å². The summed E-state index contributed by atoms with van der Waals surface area (Å²) in [7, 11) is 3.41. The average molecular weight is 447 g/mol. The summed E-state index contributed by atoms with van der Waals surface area (Å²) < 4.78 is 5.25. The van der Waals surface area contributed by atoms with Crippen LogP contribution in [0, 0.1) is 6.92 Å². The SMILES string of the molecule is COc1ccc(C2=C(N(C)Cc3ccccc3)C(=O)N(c3cc(Cl)ccc3C)C2=O)cc1. The van der Waals surface area contributed by atoms with E-state index in [1.54, 1.807) is 49.6 Å². The average Bonchev–Trinajstić information content (AvgIpc) is 3.06. The van der Waals surface area contributed by atoms with Crippen LogP contribution in [-0.2, 0) is 16.1 Å². The second-order valence-corrected chi connectivity index (χ2v) is 8.11. The molecular formula is C26H23ClN2O3. The van der Waals surface area contributed by atoms with Crippen molar-refractivity contribution in [1.29, 1.82) is 0 Å². The number of rotatable bonds is 6. The lowest BCUT2D eigenvalue weighted by Gasteiger charge is -2.22. The fourth-order valence-electron chi connectivity index (χ4n) is 3.87. The lowest BCUT2D eigenvalue weighted by molar-refractivity contribution is -0.120. The van der Waals surface area contributed by atoms with Gasteiger partial charge in [0.25, 0.3) is 11.8 Å². The smallest absolute Gasteiger partial charge is 0.282 e. The maximum atomic E-state index is 13.7. The van der Waals surface area contributed by atoms with Crippen molar-refractivity contribution < 1.29 is 14.3 Å². The summed E-state index contributed by atoms with van der Waals surface area (Å²) in [5, 5.41) is 0.461. The van der Waals surface area contributed by atoms with Gasteiger partial charge in [-0.2, -0.15) is 0 Å². The molecule has 1 aliphatic heterocycles. The molecule has 1 heterocycles. The Morgan fingerprint density at radius 3 is 2.28 bits per heavy atom. The third-order valence-electron chi connectivity index (χ3n) is 5.49. The number of imide groups is 1. The molecule has 0 saturated carbocycles. The standard InChI is InChI=1S/C26H23ClN2O3/c1-17-9-12-20(27)15-22(17)29-25(30)23(19-10-13-21(32-3)14-11-19)24(26(29)31)28(2)16-18-7-5-4-6-8-18/h4-15H,16H2,1-3H3. The van der Waals surface area contributed by atoms with E-state index in [1.165, 1.54) is 4.90 Å². The van der Waals surface area contributed by atoms with Gasteiger partial charge in [0.15, 0.2) is 0 Å². The lowest BCUT2D eigenvalue weighted by atomic mass is 10.0. The monoisotopic (exact) mass is 446 g/mol. The number of anilines is 1. The second-order valence-electron chi connectivity index (χ2n) is 7.67. The summed E-state index contributed by atoms with van der Waals surface area (Å²) in [6, 6.07) is 22.2. The van der Waals surface area contributed by atoms with Crippen LogP contribution in [0.5, 0.6) is 5.75 Å². The first-order valence-electron chi connectivity index (χ1n) is 10.2. The minimum atomic E-state index is -0.375. The highest BCUT2D eigenvalue weighted by molar-refractivity contribution is 6.45. The van der Waals surface area contributed by atoms with Crippen LogP contribution in [0.2, 0.25) is 5.02 Å². The maximum Gasteiger partial charge on any atom is 0.282 e. The van der Waals surface area contributed by atoms with Gasteiger partial charge in [0.1, 0.15) is 11.4 Å². The summed E-state index contributed by atoms with van der Waals surface area (Å²) in [4.78, 5) is 30.4. The number of likely N-dealkylation sites (N-methyl/N-ethyl adjacent to an activating group) is 1. The maximum absolute atomic E-state index is 13.7. The molecule has 4 rings (SSSR count). The van der Waals surface area contributed by atoms with Gasteiger partial charge in [-0.05, 0) is 47.9 Å². The number of hydrogen-bond donors (Lipinski definition) is 0. The molecule has 0 spiro atoms. The zero-order valence-corrected chi connectivity index (χ0v) is 18.9. The number of carbonyl (C=O) groups is 2. The molecule has 162 valence electrons. The number of nitrogens with zero attached hydrogens (tertiary/aromatic N) is 2. The first-order valence-corrected chi connectivity index (χ1v) is 10.6. The van der Waals surface area contributed by atoms with Crippen LogP contribution in [0.25, 0.3) is 5.57 Å². The molecule has 3 aromatic carbocycles. The van der Waals surface area contributed by atoms with E-state index in [4.69, 9.17) is 16.3 Å². The molecule has 6 heteroatoms. The van der Waals surface area contributed by atoms with Gasteiger partial charge in [-0.1, -0.05) is 60.1 Å². The number of methoxy groups -OCH3 is 1. The van der Waals surface area contributed by atoms with Crippen molar-refractivity contribution in [3.8, 4) is 5.75 Å². The van der Waals surface area contributed by atoms with Crippen molar-refractivity contribution in [2.24, 2.45) is 0 Å². The van der Waals surface area contributed by atoms with E-state index in [0.29, 0.717) is 39.8 Å². The van der Waals surface area contributed by atoms with Gasteiger partial charge >= 0.3 is 0 Å². The van der Waals surface area contributed by atoms with Crippen LogP contribution < -0.4 is 9.64 Å². The van der Waals surface area contributed by atoms with Crippen LogP contribution in [0.4, 0.5) is 5.69 Å². The summed E-state index contributed by atoms with van der Waals surface area (Å²) >= 11 is 6.20. The topological polar surface area (TPSA) is 49.9 Å². The number of hydrogen-bond acceptors (Lipinski definition) is 4. The predicted molar refractivity (Wildman–Crippen MR) is 127 cm³/mol. The zero-order valence-electron chi connectivity index (χ0n) is 18.1. The second kappa shape index (κ2) is 8.89. The minimum absolute atomic E-state index is 0.350. The van der Waals surface area contributed by atoms with E-state index in [0.717, 1.165) is 11.1 Å². The van der Waals surface area contributed by atoms with Gasteiger partial charge in [0, 0.05) is 18.6 Å². The summed E-state index contributed by atoms with van der Waals surface area (Å²) in [6.45, 7) is 2.34. The number of aryl methyl sites for hydroxylation is 1. The van der Waals surface area contributed by atoms with Gasteiger partial charge in [0.05, 0.1) is 18.4 Å². The molecule has 32 heavy (non-hydrogen) atoms. The Labute approximate surface area is 192 Å². The Bertz CT molecular complexity index is 1200. The molecule has 0 bridgehead atoms. The van der Waals surface area contributed by atoms with Gasteiger partial charge in [-0.15, -0.1) is 0 Å². The Kier molecular flexibility index (Phi) is 6.01. The van der Waals surface area contributed by atoms with Crippen LogP contribution >= 0.6 is 11.6 Å². The largest absolute Gasteiger partial charge is 0.497 e. The number of benzene rings is 3. The molecule has 0 unspecified atom stereocenters. The van der Waals surface area contributed by atoms with Crippen LogP contribution in [0.1, 0.15) is 16.7 Å². The molecule has 1 aliphatic rings. The summed E-state index contributed by atoms with van der Waals surface area (Å²) in [5.74, 6) is -0.0714. The Morgan fingerprint density at radius 2 is 1.62 bits per heavy atom.